The zero-order valence-corrected chi connectivity index (χ0v) is 7.22. The van der Waals surface area contributed by atoms with Gasteiger partial charge < -0.3 is 10.8 Å². The van der Waals surface area contributed by atoms with Gasteiger partial charge in [0.2, 0.25) is 0 Å². The summed E-state index contributed by atoms with van der Waals surface area (Å²) in [5.74, 6) is 0. The molecule has 1 aromatic heterocycles. The van der Waals surface area contributed by atoms with Gasteiger partial charge in [-0.25, -0.2) is 8.78 Å². The van der Waals surface area contributed by atoms with Crippen molar-refractivity contribution in [2.45, 2.75) is 13.0 Å². The van der Waals surface area contributed by atoms with Gasteiger partial charge in [-0.3, -0.25) is 4.98 Å². The highest BCUT2D eigenvalue weighted by Crippen LogP contribution is 2.31. The van der Waals surface area contributed by atoms with Crippen LogP contribution in [0.5, 0.6) is 0 Å². The molecule has 72 valence electrons. The van der Waals surface area contributed by atoms with Gasteiger partial charge in [-0.2, -0.15) is 0 Å². The number of rotatable bonds is 2. The summed E-state index contributed by atoms with van der Waals surface area (Å²) in [4.78, 5) is 3.54. The smallest absolute Gasteiger partial charge is 0.266 e. The number of hydrogen-bond acceptors (Lipinski definition) is 3. The first-order valence-electron chi connectivity index (χ1n) is 3.39. The first kappa shape index (κ1) is 10.1. The lowest BCUT2D eigenvalue weighted by atomic mass is 10.2. The van der Waals surface area contributed by atoms with E-state index in [4.69, 9.17) is 22.4 Å². The van der Waals surface area contributed by atoms with Crippen molar-refractivity contribution in [1.29, 1.82) is 0 Å². The summed E-state index contributed by atoms with van der Waals surface area (Å²) >= 11 is 5.52. The van der Waals surface area contributed by atoms with Gasteiger partial charge in [-0.1, -0.05) is 11.6 Å². The van der Waals surface area contributed by atoms with Crippen LogP contribution >= 0.6 is 11.6 Å². The van der Waals surface area contributed by atoms with Crippen molar-refractivity contribution in [2.24, 2.45) is 0 Å². The number of anilines is 1. The number of alkyl halides is 2. The fourth-order valence-electron chi connectivity index (χ4n) is 0.834. The molecule has 1 rings (SSSR count). The second-order valence-electron chi connectivity index (χ2n) is 2.35. The number of aromatic nitrogens is 1. The molecule has 0 bridgehead atoms. The lowest BCUT2D eigenvalue weighted by Gasteiger charge is -2.07. The zero-order valence-electron chi connectivity index (χ0n) is 6.47. The van der Waals surface area contributed by atoms with Crippen LogP contribution in [-0.2, 0) is 6.61 Å². The molecule has 3 nitrogen and oxygen atoms in total. The first-order chi connectivity index (χ1) is 6.07. The lowest BCUT2D eigenvalue weighted by Crippen LogP contribution is -2.01. The number of nitrogens with zero attached hydrogens (tertiary/aromatic N) is 1. The third-order valence-electron chi connectivity index (χ3n) is 1.55. The molecule has 0 aliphatic carbocycles. The van der Waals surface area contributed by atoms with Crippen LogP contribution in [0.1, 0.15) is 17.7 Å². The van der Waals surface area contributed by atoms with Crippen LogP contribution < -0.4 is 5.73 Å². The standard InChI is InChI=1S/C7H7ClF2N2O/c8-5-3(7(9)10)1-12-4(2-13)6(5)11/h1,7,13H,2,11H2. The van der Waals surface area contributed by atoms with E-state index in [1.54, 1.807) is 0 Å². The van der Waals surface area contributed by atoms with Gasteiger partial charge in [0.25, 0.3) is 6.43 Å². The summed E-state index contributed by atoms with van der Waals surface area (Å²) in [5.41, 5.74) is 4.93. The second-order valence-corrected chi connectivity index (χ2v) is 2.72. The van der Waals surface area contributed by atoms with Gasteiger partial charge in [0.1, 0.15) is 0 Å². The van der Waals surface area contributed by atoms with E-state index in [2.05, 4.69) is 4.98 Å². The van der Waals surface area contributed by atoms with Gasteiger partial charge in [-0.15, -0.1) is 0 Å². The van der Waals surface area contributed by atoms with Crippen LogP contribution in [0.2, 0.25) is 5.02 Å². The highest BCUT2D eigenvalue weighted by atomic mass is 35.5. The topological polar surface area (TPSA) is 59.1 Å². The number of aliphatic hydroxyl groups is 1. The van der Waals surface area contributed by atoms with Gasteiger partial charge in [0.15, 0.2) is 0 Å². The minimum absolute atomic E-state index is 0.0954. The number of aliphatic hydroxyl groups excluding tert-OH is 1. The fraction of sp³-hybridized carbons (Fsp3) is 0.286. The molecule has 6 heteroatoms. The molecule has 0 saturated carbocycles. The fourth-order valence-corrected chi connectivity index (χ4v) is 1.07. The van der Waals surface area contributed by atoms with Crippen molar-refractivity contribution in [2.75, 3.05) is 5.73 Å². The Morgan fingerprint density at radius 1 is 1.62 bits per heavy atom. The van der Waals surface area contributed by atoms with Crippen LogP contribution in [0.3, 0.4) is 0 Å². The molecule has 0 unspecified atom stereocenters. The van der Waals surface area contributed by atoms with Crippen LogP contribution in [-0.4, -0.2) is 10.1 Å². The Morgan fingerprint density at radius 2 is 2.23 bits per heavy atom. The van der Waals surface area contributed by atoms with E-state index in [0.29, 0.717) is 0 Å². The molecule has 3 N–H and O–H groups in total. The summed E-state index contributed by atoms with van der Waals surface area (Å²) in [6, 6.07) is 0. The molecule has 0 atom stereocenters. The molecular weight excluding hydrogens is 202 g/mol. The number of hydrogen-bond donors (Lipinski definition) is 2. The minimum Gasteiger partial charge on any atom is -0.396 e. The molecule has 0 aliphatic rings. The molecule has 0 amide bonds. The average Bonchev–Trinajstić information content (AvgIpc) is 2.09. The summed E-state index contributed by atoms with van der Waals surface area (Å²) in [6.07, 6.45) is -1.80. The third kappa shape index (κ3) is 1.87. The summed E-state index contributed by atoms with van der Waals surface area (Å²) in [5, 5.41) is 8.44. The van der Waals surface area contributed by atoms with Crippen LogP contribution in [0, 0.1) is 0 Å². The van der Waals surface area contributed by atoms with E-state index < -0.39 is 18.6 Å². The van der Waals surface area contributed by atoms with Crippen LogP contribution in [0.4, 0.5) is 14.5 Å². The van der Waals surface area contributed by atoms with Crippen LogP contribution in [0.15, 0.2) is 6.20 Å². The molecule has 0 aliphatic heterocycles. The largest absolute Gasteiger partial charge is 0.396 e. The van der Waals surface area contributed by atoms with E-state index in [0.717, 1.165) is 6.20 Å². The highest BCUT2D eigenvalue weighted by Gasteiger charge is 2.16. The maximum atomic E-state index is 12.2. The second kappa shape index (κ2) is 3.85. The summed E-state index contributed by atoms with van der Waals surface area (Å²) in [6.45, 7) is -0.422. The minimum atomic E-state index is -2.71. The zero-order chi connectivity index (χ0) is 10.0. The quantitative estimate of drug-likeness (QED) is 0.779. The number of halogens is 3. The maximum absolute atomic E-state index is 12.2. The predicted octanol–water partition coefficient (Wildman–Crippen LogP) is 1.75. The predicted molar refractivity (Wildman–Crippen MR) is 44.5 cm³/mol. The molecular formula is C7H7ClF2N2O. The number of nitrogens with two attached hydrogens (primary N) is 1. The molecule has 0 aromatic carbocycles. The van der Waals surface area contributed by atoms with E-state index in [1.807, 2.05) is 0 Å². The van der Waals surface area contributed by atoms with Gasteiger partial charge in [0.05, 0.1) is 28.6 Å². The van der Waals surface area contributed by atoms with Crippen molar-refractivity contribution in [3.63, 3.8) is 0 Å². The molecule has 1 heterocycles. The van der Waals surface area contributed by atoms with Crippen LogP contribution in [0.25, 0.3) is 0 Å². The SMILES string of the molecule is Nc1c(CO)ncc(C(F)F)c1Cl. The Labute approximate surface area is 78.1 Å². The lowest BCUT2D eigenvalue weighted by molar-refractivity contribution is 0.151. The Balaban J connectivity index is 3.23. The molecule has 0 radical (unpaired) electrons. The Bertz CT molecular complexity index is 320. The Hall–Kier alpha value is -0.940. The van der Waals surface area contributed by atoms with Crippen molar-refractivity contribution >= 4 is 17.3 Å². The van der Waals surface area contributed by atoms with E-state index in [9.17, 15) is 8.78 Å². The van der Waals surface area contributed by atoms with E-state index in [-0.39, 0.29) is 16.4 Å². The Kier molecular flexibility index (Phi) is 3.00. The van der Waals surface area contributed by atoms with Gasteiger partial charge in [-0.05, 0) is 0 Å². The molecule has 0 spiro atoms. The average molecular weight is 209 g/mol. The molecule has 0 saturated heterocycles. The monoisotopic (exact) mass is 208 g/mol. The first-order valence-corrected chi connectivity index (χ1v) is 3.77. The van der Waals surface area contributed by atoms with E-state index >= 15 is 0 Å². The highest BCUT2D eigenvalue weighted by molar-refractivity contribution is 6.34. The number of pyridine rings is 1. The molecule has 0 fully saturated rings. The summed E-state index contributed by atoms with van der Waals surface area (Å²) in [7, 11) is 0. The van der Waals surface area contributed by atoms with Crippen molar-refractivity contribution < 1.29 is 13.9 Å². The maximum Gasteiger partial charge on any atom is 0.266 e. The molecule has 1 aromatic rings. The van der Waals surface area contributed by atoms with Gasteiger partial charge in [0, 0.05) is 6.20 Å². The number of nitrogen functional groups attached to an aromatic ring is 1. The van der Waals surface area contributed by atoms with E-state index in [1.165, 1.54) is 0 Å². The molecule has 13 heavy (non-hydrogen) atoms. The van der Waals surface area contributed by atoms with Gasteiger partial charge >= 0.3 is 0 Å². The van der Waals surface area contributed by atoms with Crippen molar-refractivity contribution in [3.8, 4) is 0 Å². The van der Waals surface area contributed by atoms with Crippen molar-refractivity contribution in [3.05, 3.63) is 22.5 Å². The normalized spacial score (nSPS) is 10.8. The Morgan fingerprint density at radius 3 is 2.69 bits per heavy atom. The summed E-state index contributed by atoms with van der Waals surface area (Å²) < 4.78 is 24.4. The van der Waals surface area contributed by atoms with Crippen molar-refractivity contribution in [1.82, 2.24) is 4.98 Å². The third-order valence-corrected chi connectivity index (χ3v) is 1.97.